The highest BCUT2D eigenvalue weighted by atomic mass is 32.1. The molecule has 2 aromatic heterocycles. The number of benzene rings is 1. The molecule has 1 fully saturated rings. The van der Waals surface area contributed by atoms with Gasteiger partial charge in [0.05, 0.1) is 36.1 Å². The van der Waals surface area contributed by atoms with E-state index in [0.717, 1.165) is 40.0 Å². The number of thiocarbonyl (C=S) groups is 1. The molecule has 1 saturated heterocycles. The number of hydrogen-bond donors (Lipinski definition) is 1. The Kier molecular flexibility index (Phi) is 6.51. The number of esters is 1. The molecule has 1 N–H and O–H groups in total. The van der Waals surface area contributed by atoms with Crippen molar-refractivity contribution in [3.05, 3.63) is 82.9 Å². The molecule has 4 rings (SSSR count). The van der Waals surface area contributed by atoms with Gasteiger partial charge in [-0.25, -0.2) is 4.79 Å². The zero-order valence-electron chi connectivity index (χ0n) is 19.7. The van der Waals surface area contributed by atoms with Gasteiger partial charge in [0.15, 0.2) is 5.11 Å². The molecule has 3 aromatic rings. The lowest BCUT2D eigenvalue weighted by Gasteiger charge is -2.29. The molecule has 3 heterocycles. The average molecular weight is 463 g/mol. The Hall–Kier alpha value is -3.19. The average Bonchev–Trinajstić information content (AvgIpc) is 3.28. The highest BCUT2D eigenvalue weighted by Crippen LogP contribution is 2.41. The third kappa shape index (κ3) is 4.25. The maximum Gasteiger partial charge on any atom is 0.339 e. The standard InChI is InChI=1S/C26H30N4O2S/c1-16(2)15-29-24(23(28-26(29)33)21-11-8-9-13-27-21)20-14-17(3)30(18(20)4)22-12-7-6-10-19(22)25(31)32-5/h6-14,16,23-24H,15H2,1-5H3,(H,28,33)/t23-,24+/m1/s1. The van der Waals surface area contributed by atoms with Crippen molar-refractivity contribution in [2.75, 3.05) is 13.7 Å². The van der Waals surface area contributed by atoms with Crippen LogP contribution in [-0.4, -0.2) is 39.2 Å². The van der Waals surface area contributed by atoms with E-state index in [1.165, 1.54) is 7.11 Å². The third-order valence-corrected chi connectivity index (χ3v) is 6.45. The molecule has 0 radical (unpaired) electrons. The summed E-state index contributed by atoms with van der Waals surface area (Å²) in [6.45, 7) is 9.39. The molecule has 0 spiro atoms. The van der Waals surface area contributed by atoms with Crippen molar-refractivity contribution in [3.63, 3.8) is 0 Å². The molecule has 1 aromatic carbocycles. The fraction of sp³-hybridized carbons (Fsp3) is 0.346. The molecule has 33 heavy (non-hydrogen) atoms. The first-order valence-corrected chi connectivity index (χ1v) is 11.6. The number of ether oxygens (including phenoxy) is 1. The Morgan fingerprint density at radius 3 is 2.58 bits per heavy atom. The number of nitrogens with one attached hydrogen (secondary N) is 1. The summed E-state index contributed by atoms with van der Waals surface area (Å²) >= 11 is 5.78. The lowest BCUT2D eigenvalue weighted by Crippen LogP contribution is -2.33. The zero-order chi connectivity index (χ0) is 23.7. The third-order valence-electron chi connectivity index (χ3n) is 6.10. The van der Waals surface area contributed by atoms with E-state index in [9.17, 15) is 4.79 Å². The van der Waals surface area contributed by atoms with Gasteiger partial charge in [-0.05, 0) is 67.9 Å². The lowest BCUT2D eigenvalue weighted by molar-refractivity contribution is 0.0600. The van der Waals surface area contributed by atoms with Gasteiger partial charge >= 0.3 is 5.97 Å². The Labute approximate surface area is 200 Å². The van der Waals surface area contributed by atoms with Crippen molar-refractivity contribution in [1.29, 1.82) is 0 Å². The van der Waals surface area contributed by atoms with Gasteiger partial charge < -0.3 is 19.5 Å². The molecule has 1 aliphatic heterocycles. The van der Waals surface area contributed by atoms with Crippen LogP contribution in [0.1, 0.15) is 58.9 Å². The van der Waals surface area contributed by atoms with Crippen molar-refractivity contribution in [3.8, 4) is 5.69 Å². The number of pyridine rings is 1. The highest BCUT2D eigenvalue weighted by molar-refractivity contribution is 7.80. The van der Waals surface area contributed by atoms with Gasteiger partial charge in [0.1, 0.15) is 0 Å². The Balaban J connectivity index is 1.87. The van der Waals surface area contributed by atoms with Gasteiger partial charge in [-0.1, -0.05) is 32.0 Å². The molecule has 172 valence electrons. The van der Waals surface area contributed by atoms with Crippen LogP contribution in [0.3, 0.4) is 0 Å². The van der Waals surface area contributed by atoms with E-state index in [1.54, 1.807) is 6.07 Å². The second kappa shape index (κ2) is 9.35. The van der Waals surface area contributed by atoms with Crippen LogP contribution in [-0.2, 0) is 4.74 Å². The summed E-state index contributed by atoms with van der Waals surface area (Å²) in [6, 6.07) is 15.6. The van der Waals surface area contributed by atoms with Gasteiger partial charge in [-0.15, -0.1) is 0 Å². The van der Waals surface area contributed by atoms with E-state index in [-0.39, 0.29) is 18.1 Å². The summed E-state index contributed by atoms with van der Waals surface area (Å²) in [5.41, 5.74) is 5.57. The van der Waals surface area contributed by atoms with Crippen LogP contribution in [0.4, 0.5) is 0 Å². The fourth-order valence-electron chi connectivity index (χ4n) is 4.74. The van der Waals surface area contributed by atoms with E-state index in [1.807, 2.05) is 42.6 Å². The fourth-order valence-corrected chi connectivity index (χ4v) is 5.06. The second-order valence-corrected chi connectivity index (χ2v) is 9.23. The number of aromatic nitrogens is 2. The number of hydrogen-bond acceptors (Lipinski definition) is 4. The summed E-state index contributed by atoms with van der Waals surface area (Å²) in [5, 5.41) is 4.26. The molecule has 1 aliphatic rings. The van der Waals surface area contributed by atoms with Gasteiger partial charge in [0, 0.05) is 24.1 Å². The number of nitrogens with zero attached hydrogens (tertiary/aromatic N) is 3. The van der Waals surface area contributed by atoms with Crippen molar-refractivity contribution in [2.24, 2.45) is 5.92 Å². The van der Waals surface area contributed by atoms with E-state index in [4.69, 9.17) is 17.0 Å². The Bertz CT molecular complexity index is 1170. The Morgan fingerprint density at radius 1 is 1.18 bits per heavy atom. The number of carbonyl (C=O) groups excluding carboxylic acids is 1. The SMILES string of the molecule is COC(=O)c1ccccc1-n1c(C)cc([C@H]2[C@@H](c3ccccn3)NC(=S)N2CC(C)C)c1C. The first-order chi connectivity index (χ1) is 15.8. The predicted octanol–water partition coefficient (Wildman–Crippen LogP) is 4.90. The van der Waals surface area contributed by atoms with Crippen molar-refractivity contribution in [1.82, 2.24) is 19.8 Å². The number of para-hydroxylation sites is 1. The number of carbonyl (C=O) groups is 1. The molecule has 0 unspecified atom stereocenters. The smallest absolute Gasteiger partial charge is 0.339 e. The first kappa shape index (κ1) is 23.0. The molecule has 0 bridgehead atoms. The van der Waals surface area contributed by atoms with Crippen LogP contribution in [0.2, 0.25) is 0 Å². The Morgan fingerprint density at radius 2 is 1.91 bits per heavy atom. The predicted molar refractivity (Wildman–Crippen MR) is 134 cm³/mol. The summed E-state index contributed by atoms with van der Waals surface area (Å²) in [5.74, 6) is 0.0921. The second-order valence-electron chi connectivity index (χ2n) is 8.84. The molecule has 6 nitrogen and oxygen atoms in total. The minimum atomic E-state index is -0.351. The molecule has 0 saturated carbocycles. The van der Waals surface area contributed by atoms with E-state index in [2.05, 4.69) is 53.5 Å². The zero-order valence-corrected chi connectivity index (χ0v) is 20.5. The van der Waals surface area contributed by atoms with Crippen molar-refractivity contribution in [2.45, 2.75) is 39.8 Å². The van der Waals surface area contributed by atoms with Gasteiger partial charge in [-0.3, -0.25) is 4.98 Å². The largest absolute Gasteiger partial charge is 0.465 e. The van der Waals surface area contributed by atoms with Crippen LogP contribution in [0, 0.1) is 19.8 Å². The minimum Gasteiger partial charge on any atom is -0.465 e. The molecule has 7 heteroatoms. The topological polar surface area (TPSA) is 59.4 Å². The van der Waals surface area contributed by atoms with Crippen LogP contribution < -0.4 is 5.32 Å². The monoisotopic (exact) mass is 462 g/mol. The number of methoxy groups -OCH3 is 1. The summed E-state index contributed by atoms with van der Waals surface area (Å²) < 4.78 is 7.17. The van der Waals surface area contributed by atoms with Crippen LogP contribution in [0.25, 0.3) is 5.69 Å². The maximum absolute atomic E-state index is 12.5. The van der Waals surface area contributed by atoms with Crippen molar-refractivity contribution < 1.29 is 9.53 Å². The van der Waals surface area contributed by atoms with Crippen LogP contribution in [0.15, 0.2) is 54.7 Å². The molecular weight excluding hydrogens is 432 g/mol. The molecule has 0 aliphatic carbocycles. The maximum atomic E-state index is 12.5. The van der Waals surface area contributed by atoms with Crippen LogP contribution >= 0.6 is 12.2 Å². The minimum absolute atomic E-state index is 0.0139. The first-order valence-electron chi connectivity index (χ1n) is 11.2. The van der Waals surface area contributed by atoms with E-state index < -0.39 is 0 Å². The summed E-state index contributed by atoms with van der Waals surface area (Å²) in [7, 11) is 1.41. The van der Waals surface area contributed by atoms with Gasteiger partial charge in [0.2, 0.25) is 0 Å². The van der Waals surface area contributed by atoms with Gasteiger partial charge in [0.25, 0.3) is 0 Å². The molecule has 0 amide bonds. The number of rotatable bonds is 6. The van der Waals surface area contributed by atoms with Crippen molar-refractivity contribution >= 4 is 23.3 Å². The van der Waals surface area contributed by atoms with Gasteiger partial charge in [-0.2, -0.15) is 0 Å². The quantitative estimate of drug-likeness (QED) is 0.415. The summed E-state index contributed by atoms with van der Waals surface area (Å²) in [4.78, 5) is 19.4. The van der Waals surface area contributed by atoms with E-state index in [0.29, 0.717) is 11.5 Å². The normalized spacial score (nSPS) is 18.0. The number of aryl methyl sites for hydroxylation is 1. The molecule has 2 atom stereocenters. The van der Waals surface area contributed by atoms with Crippen LogP contribution in [0.5, 0.6) is 0 Å². The molecular formula is C26H30N4O2S. The highest BCUT2D eigenvalue weighted by Gasteiger charge is 2.41. The summed E-state index contributed by atoms with van der Waals surface area (Å²) in [6.07, 6.45) is 1.82. The lowest BCUT2D eigenvalue weighted by atomic mass is 9.96. The van der Waals surface area contributed by atoms with E-state index >= 15 is 0 Å².